The minimum Gasteiger partial charge on any atom is -0.366 e. The summed E-state index contributed by atoms with van der Waals surface area (Å²) in [5.41, 5.74) is 8.57. The molecule has 0 saturated carbocycles. The number of hydrogen-bond acceptors (Lipinski definition) is 4. The molecule has 1 unspecified atom stereocenters. The second-order valence-electron chi connectivity index (χ2n) is 5.28. The fourth-order valence-electron chi connectivity index (χ4n) is 2.77. The SMILES string of the molecule is NC(=O)c1cccc(-c2nccnc2C2CCCNC2)c1. The smallest absolute Gasteiger partial charge is 0.248 e. The first-order chi connectivity index (χ1) is 10.3. The monoisotopic (exact) mass is 282 g/mol. The van der Waals surface area contributed by atoms with E-state index in [4.69, 9.17) is 5.73 Å². The summed E-state index contributed by atoms with van der Waals surface area (Å²) in [6, 6.07) is 7.26. The lowest BCUT2D eigenvalue weighted by Crippen LogP contribution is -2.29. The Balaban J connectivity index is 2.02. The molecule has 1 aliphatic rings. The van der Waals surface area contributed by atoms with Crippen molar-refractivity contribution in [2.45, 2.75) is 18.8 Å². The molecule has 1 aliphatic heterocycles. The summed E-state index contributed by atoms with van der Waals surface area (Å²) in [5.74, 6) is -0.0682. The number of benzene rings is 1. The zero-order valence-electron chi connectivity index (χ0n) is 11.7. The van der Waals surface area contributed by atoms with Crippen LogP contribution in [-0.4, -0.2) is 29.0 Å². The summed E-state index contributed by atoms with van der Waals surface area (Å²) in [6.45, 7) is 1.98. The molecule has 3 N–H and O–H groups in total. The van der Waals surface area contributed by atoms with Crippen LogP contribution in [-0.2, 0) is 0 Å². The lowest BCUT2D eigenvalue weighted by Gasteiger charge is -2.23. The highest BCUT2D eigenvalue weighted by Gasteiger charge is 2.21. The second-order valence-corrected chi connectivity index (χ2v) is 5.28. The highest BCUT2D eigenvalue weighted by molar-refractivity contribution is 5.94. The number of nitrogens with zero attached hydrogens (tertiary/aromatic N) is 2. The average molecular weight is 282 g/mol. The molecule has 1 amide bonds. The summed E-state index contributed by atoms with van der Waals surface area (Å²) in [4.78, 5) is 20.4. The quantitative estimate of drug-likeness (QED) is 0.898. The Hall–Kier alpha value is -2.27. The molecule has 3 rings (SSSR count). The van der Waals surface area contributed by atoms with Crippen LogP contribution < -0.4 is 11.1 Å². The van der Waals surface area contributed by atoms with Crippen molar-refractivity contribution in [3.8, 4) is 11.3 Å². The fourth-order valence-corrected chi connectivity index (χ4v) is 2.77. The molecule has 2 aromatic rings. The molecular formula is C16H18N4O. The van der Waals surface area contributed by atoms with Crippen molar-refractivity contribution >= 4 is 5.91 Å². The van der Waals surface area contributed by atoms with Crippen LogP contribution in [0, 0.1) is 0 Å². The van der Waals surface area contributed by atoms with Gasteiger partial charge in [0.2, 0.25) is 5.91 Å². The summed E-state index contributed by atoms with van der Waals surface area (Å²) >= 11 is 0. The predicted octanol–water partition coefficient (Wildman–Crippen LogP) is 1.71. The van der Waals surface area contributed by atoms with Crippen molar-refractivity contribution < 1.29 is 4.79 Å². The van der Waals surface area contributed by atoms with Crippen molar-refractivity contribution in [3.05, 3.63) is 47.9 Å². The number of aromatic nitrogens is 2. The average Bonchev–Trinajstić information content (AvgIpc) is 2.56. The molecule has 0 spiro atoms. The van der Waals surface area contributed by atoms with E-state index in [0.29, 0.717) is 11.5 Å². The van der Waals surface area contributed by atoms with Crippen molar-refractivity contribution in [3.63, 3.8) is 0 Å². The van der Waals surface area contributed by atoms with Crippen LogP contribution in [0.15, 0.2) is 36.7 Å². The standard InChI is InChI=1S/C16H18N4O/c17-16(21)12-4-1-3-11(9-12)14-15(20-8-7-19-14)13-5-2-6-18-10-13/h1,3-4,7-9,13,18H,2,5-6,10H2,(H2,17,21). The van der Waals surface area contributed by atoms with Crippen molar-refractivity contribution in [2.75, 3.05) is 13.1 Å². The van der Waals surface area contributed by atoms with Crippen LogP contribution >= 0.6 is 0 Å². The summed E-state index contributed by atoms with van der Waals surface area (Å²) < 4.78 is 0. The minimum atomic E-state index is -0.429. The molecule has 0 aliphatic carbocycles. The normalized spacial score (nSPS) is 18.4. The number of carbonyl (C=O) groups is 1. The largest absolute Gasteiger partial charge is 0.366 e. The summed E-state index contributed by atoms with van der Waals surface area (Å²) in [5, 5.41) is 3.40. The lowest BCUT2D eigenvalue weighted by atomic mass is 9.92. The number of primary amides is 1. The molecule has 21 heavy (non-hydrogen) atoms. The number of rotatable bonds is 3. The molecule has 1 saturated heterocycles. The maximum Gasteiger partial charge on any atom is 0.248 e. The maximum atomic E-state index is 11.3. The third kappa shape index (κ3) is 2.92. The number of amides is 1. The van der Waals surface area contributed by atoms with Gasteiger partial charge in [-0.3, -0.25) is 14.8 Å². The third-order valence-electron chi connectivity index (χ3n) is 3.83. The number of hydrogen-bond donors (Lipinski definition) is 2. The molecule has 2 heterocycles. The van der Waals surface area contributed by atoms with Gasteiger partial charge in [0, 0.05) is 36.0 Å². The summed E-state index contributed by atoms with van der Waals surface area (Å²) in [7, 11) is 0. The van der Waals surface area contributed by atoms with Crippen molar-refractivity contribution in [1.82, 2.24) is 15.3 Å². The van der Waals surface area contributed by atoms with Gasteiger partial charge in [-0.1, -0.05) is 12.1 Å². The van der Waals surface area contributed by atoms with Crippen molar-refractivity contribution in [2.24, 2.45) is 5.73 Å². The Labute approximate surface area is 123 Å². The summed E-state index contributed by atoms with van der Waals surface area (Å²) in [6.07, 6.45) is 5.66. The molecule has 1 aromatic heterocycles. The fraction of sp³-hybridized carbons (Fsp3) is 0.312. The Morgan fingerprint density at radius 2 is 2.14 bits per heavy atom. The van der Waals surface area contributed by atoms with Gasteiger partial charge in [0.05, 0.1) is 11.4 Å². The van der Waals surface area contributed by atoms with Gasteiger partial charge in [-0.2, -0.15) is 0 Å². The second kappa shape index (κ2) is 6.01. The van der Waals surface area contributed by atoms with E-state index >= 15 is 0 Å². The van der Waals surface area contributed by atoms with Crippen LogP contribution in [0.25, 0.3) is 11.3 Å². The van der Waals surface area contributed by atoms with E-state index in [1.54, 1.807) is 24.5 Å². The maximum absolute atomic E-state index is 11.3. The van der Waals surface area contributed by atoms with E-state index in [9.17, 15) is 4.79 Å². The first kappa shape index (κ1) is 13.7. The van der Waals surface area contributed by atoms with Crippen LogP contribution in [0.1, 0.15) is 34.8 Å². The number of nitrogens with one attached hydrogen (secondary N) is 1. The van der Waals surface area contributed by atoms with Gasteiger partial charge in [-0.25, -0.2) is 0 Å². The number of carbonyl (C=O) groups excluding carboxylic acids is 1. The van der Waals surface area contributed by atoms with Gasteiger partial charge in [-0.05, 0) is 31.5 Å². The topological polar surface area (TPSA) is 80.9 Å². The lowest BCUT2D eigenvalue weighted by molar-refractivity contribution is 0.100. The molecule has 5 nitrogen and oxygen atoms in total. The van der Waals surface area contributed by atoms with Gasteiger partial charge in [0.1, 0.15) is 0 Å². The Morgan fingerprint density at radius 3 is 2.90 bits per heavy atom. The molecule has 0 bridgehead atoms. The van der Waals surface area contributed by atoms with E-state index in [1.165, 1.54) is 0 Å². The molecule has 108 valence electrons. The Kier molecular flexibility index (Phi) is 3.92. The Morgan fingerprint density at radius 1 is 1.29 bits per heavy atom. The van der Waals surface area contributed by atoms with Gasteiger partial charge < -0.3 is 11.1 Å². The molecule has 1 atom stereocenters. The first-order valence-electron chi connectivity index (χ1n) is 7.17. The van der Waals surface area contributed by atoms with E-state index < -0.39 is 5.91 Å². The third-order valence-corrected chi connectivity index (χ3v) is 3.83. The van der Waals surface area contributed by atoms with Crippen LogP contribution in [0.2, 0.25) is 0 Å². The van der Waals surface area contributed by atoms with E-state index in [-0.39, 0.29) is 0 Å². The van der Waals surface area contributed by atoms with Gasteiger partial charge >= 0.3 is 0 Å². The number of nitrogens with two attached hydrogens (primary N) is 1. The zero-order chi connectivity index (χ0) is 14.7. The molecule has 5 heteroatoms. The van der Waals surface area contributed by atoms with Crippen LogP contribution in [0.5, 0.6) is 0 Å². The molecule has 0 radical (unpaired) electrons. The van der Waals surface area contributed by atoms with Gasteiger partial charge in [-0.15, -0.1) is 0 Å². The van der Waals surface area contributed by atoms with E-state index in [1.807, 2.05) is 12.1 Å². The first-order valence-corrected chi connectivity index (χ1v) is 7.17. The number of piperidine rings is 1. The van der Waals surface area contributed by atoms with E-state index in [0.717, 1.165) is 42.9 Å². The van der Waals surface area contributed by atoms with Crippen molar-refractivity contribution in [1.29, 1.82) is 0 Å². The molecule has 1 aromatic carbocycles. The highest BCUT2D eigenvalue weighted by Crippen LogP contribution is 2.29. The van der Waals surface area contributed by atoms with E-state index in [2.05, 4.69) is 15.3 Å². The Bertz CT molecular complexity index is 650. The van der Waals surface area contributed by atoms with Crippen LogP contribution in [0.3, 0.4) is 0 Å². The zero-order valence-corrected chi connectivity index (χ0v) is 11.7. The molecular weight excluding hydrogens is 264 g/mol. The van der Waals surface area contributed by atoms with Crippen LogP contribution in [0.4, 0.5) is 0 Å². The van der Waals surface area contributed by atoms with Gasteiger partial charge in [0.15, 0.2) is 0 Å². The predicted molar refractivity (Wildman–Crippen MR) is 80.8 cm³/mol. The minimum absolute atomic E-state index is 0.361. The molecule has 1 fully saturated rings. The highest BCUT2D eigenvalue weighted by atomic mass is 16.1. The van der Waals surface area contributed by atoms with Gasteiger partial charge in [0.25, 0.3) is 0 Å².